The van der Waals surface area contributed by atoms with Crippen molar-refractivity contribution in [2.75, 3.05) is 26.8 Å². The molecule has 2 heteroatoms. The van der Waals surface area contributed by atoms with Gasteiger partial charge < -0.3 is 4.74 Å². The summed E-state index contributed by atoms with van der Waals surface area (Å²) < 4.78 is 5.05. The molecule has 2 nitrogen and oxygen atoms in total. The molecule has 1 atom stereocenters. The minimum atomic E-state index is 0.556. The summed E-state index contributed by atoms with van der Waals surface area (Å²) in [4.78, 5) is 2.38. The molecule has 0 aliphatic heterocycles. The van der Waals surface area contributed by atoms with E-state index in [4.69, 9.17) is 4.74 Å². The van der Waals surface area contributed by atoms with Crippen LogP contribution in [0.2, 0.25) is 0 Å². The van der Waals surface area contributed by atoms with Crippen LogP contribution in [0.25, 0.3) is 0 Å². The van der Waals surface area contributed by atoms with Crippen molar-refractivity contribution in [3.8, 4) is 0 Å². The van der Waals surface area contributed by atoms with Gasteiger partial charge in [0.05, 0.1) is 6.61 Å². The Hall–Kier alpha value is -0.0800. The van der Waals surface area contributed by atoms with Crippen molar-refractivity contribution in [3.63, 3.8) is 0 Å². The number of hydrogen-bond acceptors (Lipinski definition) is 2. The molecule has 0 spiro atoms. The van der Waals surface area contributed by atoms with Gasteiger partial charge in [0, 0.05) is 13.2 Å². The molecule has 0 saturated heterocycles. The van der Waals surface area contributed by atoms with Crippen LogP contribution in [0.5, 0.6) is 0 Å². The van der Waals surface area contributed by atoms with Crippen molar-refractivity contribution in [3.05, 3.63) is 0 Å². The Balaban J connectivity index is 0. The van der Waals surface area contributed by atoms with Crippen molar-refractivity contribution in [2.24, 2.45) is 0 Å². The fourth-order valence-electron chi connectivity index (χ4n) is 1.19. The summed E-state index contributed by atoms with van der Waals surface area (Å²) in [7, 11) is 1.75. The highest BCUT2D eigenvalue weighted by atomic mass is 16.5. The average Bonchev–Trinajstić information content (AvgIpc) is 2.11. The lowest BCUT2D eigenvalue weighted by Crippen LogP contribution is -2.35. The van der Waals surface area contributed by atoms with Crippen LogP contribution in [0, 0.1) is 0 Å². The van der Waals surface area contributed by atoms with Gasteiger partial charge in [-0.1, -0.05) is 27.7 Å². The molecule has 0 N–H and O–H groups in total. The highest BCUT2D eigenvalue weighted by Crippen LogP contribution is 1.97. The molecule has 0 heterocycles. The van der Waals surface area contributed by atoms with Crippen LogP contribution in [0.1, 0.15) is 34.6 Å². The van der Waals surface area contributed by atoms with E-state index in [0.717, 1.165) is 19.7 Å². The zero-order valence-electron chi connectivity index (χ0n) is 9.55. The number of ether oxygens (including phenoxy) is 1. The first-order valence-electron chi connectivity index (χ1n) is 4.99. The van der Waals surface area contributed by atoms with E-state index >= 15 is 0 Å². The van der Waals surface area contributed by atoms with Crippen LogP contribution in [0.4, 0.5) is 0 Å². The Morgan fingerprint density at radius 3 is 1.83 bits per heavy atom. The lowest BCUT2D eigenvalue weighted by atomic mass is 10.3. The van der Waals surface area contributed by atoms with Crippen molar-refractivity contribution >= 4 is 0 Å². The SMILES string of the molecule is CC.CCN(CC)[C@H](C)COC. The monoisotopic (exact) mass is 175 g/mol. The summed E-state index contributed by atoms with van der Waals surface area (Å²) in [6, 6.07) is 0.556. The summed E-state index contributed by atoms with van der Waals surface area (Å²) in [5, 5.41) is 0. The van der Waals surface area contributed by atoms with Gasteiger partial charge in [-0.15, -0.1) is 0 Å². The normalized spacial score (nSPS) is 12.2. The van der Waals surface area contributed by atoms with Crippen molar-refractivity contribution in [1.82, 2.24) is 4.90 Å². The molecule has 12 heavy (non-hydrogen) atoms. The number of likely N-dealkylation sites (N-methyl/N-ethyl adjacent to an activating group) is 1. The van der Waals surface area contributed by atoms with Gasteiger partial charge in [-0.3, -0.25) is 4.90 Å². The molecule has 0 aromatic heterocycles. The van der Waals surface area contributed by atoms with Gasteiger partial charge in [0.25, 0.3) is 0 Å². The van der Waals surface area contributed by atoms with Crippen LogP contribution >= 0.6 is 0 Å². The minimum Gasteiger partial charge on any atom is -0.383 e. The molecular formula is C10H25NO. The largest absolute Gasteiger partial charge is 0.383 e. The molecule has 0 aromatic carbocycles. The maximum Gasteiger partial charge on any atom is 0.0615 e. The number of methoxy groups -OCH3 is 1. The van der Waals surface area contributed by atoms with E-state index < -0.39 is 0 Å². The number of nitrogens with zero attached hydrogens (tertiary/aromatic N) is 1. The van der Waals surface area contributed by atoms with E-state index in [9.17, 15) is 0 Å². The summed E-state index contributed by atoms with van der Waals surface area (Å²) in [5.74, 6) is 0. The van der Waals surface area contributed by atoms with E-state index in [-0.39, 0.29) is 0 Å². The first-order valence-corrected chi connectivity index (χ1v) is 4.99. The van der Waals surface area contributed by atoms with Gasteiger partial charge in [-0.05, 0) is 20.0 Å². The molecule has 0 amide bonds. The maximum absolute atomic E-state index is 5.05. The van der Waals surface area contributed by atoms with Crippen molar-refractivity contribution in [2.45, 2.75) is 40.7 Å². The second-order valence-corrected chi connectivity index (χ2v) is 2.53. The zero-order valence-corrected chi connectivity index (χ0v) is 9.55. The van der Waals surface area contributed by atoms with Crippen LogP contribution < -0.4 is 0 Å². The summed E-state index contributed by atoms with van der Waals surface area (Å²) in [6.45, 7) is 13.6. The van der Waals surface area contributed by atoms with E-state index in [2.05, 4.69) is 25.7 Å². The van der Waals surface area contributed by atoms with Crippen molar-refractivity contribution < 1.29 is 4.74 Å². The van der Waals surface area contributed by atoms with E-state index in [1.807, 2.05) is 13.8 Å². The average molecular weight is 175 g/mol. The van der Waals surface area contributed by atoms with E-state index in [1.54, 1.807) is 7.11 Å². The first-order chi connectivity index (χ1) is 5.76. The number of rotatable bonds is 5. The summed E-state index contributed by atoms with van der Waals surface area (Å²) >= 11 is 0. The Morgan fingerprint density at radius 1 is 1.17 bits per heavy atom. The summed E-state index contributed by atoms with van der Waals surface area (Å²) in [6.07, 6.45) is 0. The lowest BCUT2D eigenvalue weighted by molar-refractivity contribution is 0.106. The van der Waals surface area contributed by atoms with E-state index in [0.29, 0.717) is 6.04 Å². The number of hydrogen-bond donors (Lipinski definition) is 0. The van der Waals surface area contributed by atoms with Gasteiger partial charge in [0.1, 0.15) is 0 Å². The smallest absolute Gasteiger partial charge is 0.0615 e. The third-order valence-electron chi connectivity index (χ3n) is 1.84. The molecule has 0 saturated carbocycles. The highest BCUT2D eigenvalue weighted by Gasteiger charge is 2.07. The van der Waals surface area contributed by atoms with Crippen molar-refractivity contribution in [1.29, 1.82) is 0 Å². The third-order valence-corrected chi connectivity index (χ3v) is 1.84. The van der Waals surface area contributed by atoms with Gasteiger partial charge >= 0.3 is 0 Å². The predicted molar refractivity (Wildman–Crippen MR) is 55.6 cm³/mol. The van der Waals surface area contributed by atoms with Gasteiger partial charge in [0.2, 0.25) is 0 Å². The zero-order chi connectivity index (χ0) is 9.98. The highest BCUT2D eigenvalue weighted by molar-refractivity contribution is 4.62. The molecular weight excluding hydrogens is 150 g/mol. The van der Waals surface area contributed by atoms with Crippen LogP contribution in [-0.2, 0) is 4.74 Å². The molecule has 76 valence electrons. The molecule has 0 aliphatic carbocycles. The molecule has 0 radical (unpaired) electrons. The fraction of sp³-hybridized carbons (Fsp3) is 1.00. The lowest BCUT2D eigenvalue weighted by Gasteiger charge is -2.25. The molecule has 0 bridgehead atoms. The fourth-order valence-corrected chi connectivity index (χ4v) is 1.19. The summed E-state index contributed by atoms with van der Waals surface area (Å²) in [5.41, 5.74) is 0. The van der Waals surface area contributed by atoms with Crippen LogP contribution in [0.3, 0.4) is 0 Å². The maximum atomic E-state index is 5.05. The Kier molecular flexibility index (Phi) is 13.1. The van der Waals surface area contributed by atoms with Gasteiger partial charge in [0.15, 0.2) is 0 Å². The van der Waals surface area contributed by atoms with Gasteiger partial charge in [-0.2, -0.15) is 0 Å². The molecule has 0 aromatic rings. The minimum absolute atomic E-state index is 0.556. The standard InChI is InChI=1S/C8H19NO.C2H6/c1-5-9(6-2)8(3)7-10-4;1-2/h8H,5-7H2,1-4H3;1-2H3/t8-;/m1./s1. The van der Waals surface area contributed by atoms with E-state index in [1.165, 1.54) is 0 Å². The predicted octanol–water partition coefficient (Wildman–Crippen LogP) is 2.39. The third kappa shape index (κ3) is 6.62. The quantitative estimate of drug-likeness (QED) is 0.636. The first kappa shape index (κ1) is 14.4. The second-order valence-electron chi connectivity index (χ2n) is 2.53. The molecule has 0 aliphatic rings. The second kappa shape index (κ2) is 10.9. The molecule has 0 rings (SSSR count). The molecule has 0 fully saturated rings. The Bertz CT molecular complexity index is 72.2. The molecule has 0 unspecified atom stereocenters. The topological polar surface area (TPSA) is 12.5 Å². The van der Waals surface area contributed by atoms with Crippen LogP contribution in [0.15, 0.2) is 0 Å². The van der Waals surface area contributed by atoms with Gasteiger partial charge in [-0.25, -0.2) is 0 Å². The van der Waals surface area contributed by atoms with Crippen LogP contribution in [-0.4, -0.2) is 37.7 Å². The Labute approximate surface area is 77.9 Å². The Morgan fingerprint density at radius 2 is 1.58 bits per heavy atom.